The topological polar surface area (TPSA) is 117 Å². The summed E-state index contributed by atoms with van der Waals surface area (Å²) in [7, 11) is 0. The fraction of sp³-hybridized carbons (Fsp3) is 0.400. The van der Waals surface area contributed by atoms with E-state index in [2.05, 4.69) is 4.98 Å². The Labute approximate surface area is 92.4 Å². The summed E-state index contributed by atoms with van der Waals surface area (Å²) in [4.78, 5) is 14.5. The predicted molar refractivity (Wildman–Crippen MR) is 55.9 cm³/mol. The highest BCUT2D eigenvalue weighted by atomic mass is 16.4. The number of aryl methyl sites for hydroxylation is 2. The Balaban J connectivity index is 3.22. The molecule has 88 valence electrons. The van der Waals surface area contributed by atoms with Gasteiger partial charge < -0.3 is 21.1 Å². The molecule has 6 nitrogen and oxygen atoms in total. The lowest BCUT2D eigenvalue weighted by Crippen LogP contribution is -2.36. The Bertz CT molecular complexity index is 420. The number of carboxylic acid groups (broad SMARTS) is 1. The third kappa shape index (κ3) is 2.12. The van der Waals surface area contributed by atoms with E-state index in [4.69, 9.17) is 10.8 Å². The minimum absolute atomic E-state index is 0.113. The van der Waals surface area contributed by atoms with Gasteiger partial charge in [-0.1, -0.05) is 0 Å². The van der Waals surface area contributed by atoms with Gasteiger partial charge >= 0.3 is 5.97 Å². The molecule has 1 heterocycles. The maximum Gasteiger partial charge on any atom is 0.323 e. The highest BCUT2D eigenvalue weighted by Crippen LogP contribution is 2.30. The Hall–Kier alpha value is -1.66. The average molecular weight is 226 g/mol. The summed E-state index contributed by atoms with van der Waals surface area (Å²) >= 11 is 0. The molecule has 2 atom stereocenters. The number of aromatic hydroxyl groups is 1. The van der Waals surface area contributed by atoms with Crippen LogP contribution in [0.15, 0.2) is 6.20 Å². The van der Waals surface area contributed by atoms with E-state index < -0.39 is 18.1 Å². The molecule has 0 aliphatic rings. The number of aliphatic hydroxyl groups excluding tert-OH is 1. The van der Waals surface area contributed by atoms with E-state index in [1.165, 1.54) is 6.20 Å². The predicted octanol–water partition coefficient (Wildman–Crippen LogP) is -0.151. The molecule has 0 unspecified atom stereocenters. The number of aliphatic hydroxyl groups is 1. The lowest BCUT2D eigenvalue weighted by atomic mass is 9.98. The number of aliphatic carboxylic acids is 1. The number of hydrogen-bond donors (Lipinski definition) is 4. The van der Waals surface area contributed by atoms with E-state index >= 15 is 0 Å². The van der Waals surface area contributed by atoms with Gasteiger partial charge in [0.15, 0.2) is 0 Å². The van der Waals surface area contributed by atoms with Crippen molar-refractivity contribution in [1.82, 2.24) is 4.98 Å². The van der Waals surface area contributed by atoms with Gasteiger partial charge in [0.25, 0.3) is 0 Å². The van der Waals surface area contributed by atoms with Gasteiger partial charge in [0.05, 0.1) is 5.69 Å². The van der Waals surface area contributed by atoms with Crippen LogP contribution in [0.3, 0.4) is 0 Å². The van der Waals surface area contributed by atoms with Crippen molar-refractivity contribution >= 4 is 5.97 Å². The summed E-state index contributed by atoms with van der Waals surface area (Å²) in [5, 5.41) is 28.1. The highest BCUT2D eigenvalue weighted by Gasteiger charge is 2.28. The summed E-state index contributed by atoms with van der Waals surface area (Å²) in [6.07, 6.45) is -0.0125. The first-order chi connectivity index (χ1) is 7.36. The molecule has 0 saturated heterocycles. The normalized spacial score (nSPS) is 14.5. The Morgan fingerprint density at radius 3 is 2.56 bits per heavy atom. The first-order valence-electron chi connectivity index (χ1n) is 4.67. The van der Waals surface area contributed by atoms with Gasteiger partial charge in [-0.2, -0.15) is 0 Å². The number of rotatable bonds is 3. The monoisotopic (exact) mass is 226 g/mol. The fourth-order valence-corrected chi connectivity index (χ4v) is 1.39. The third-order valence-corrected chi connectivity index (χ3v) is 2.40. The van der Waals surface area contributed by atoms with Crippen molar-refractivity contribution in [2.24, 2.45) is 5.73 Å². The van der Waals surface area contributed by atoms with Gasteiger partial charge in [0, 0.05) is 11.8 Å². The van der Waals surface area contributed by atoms with Crippen LogP contribution in [-0.4, -0.2) is 32.3 Å². The standard InChI is InChI=1S/C10H14N2O4/c1-4-3-12-5(2)8(13)6(4)9(14)7(11)10(15)16/h3,7,9,13-14H,11H2,1-2H3,(H,15,16)/t7-,9-/m1/s1. The minimum Gasteiger partial charge on any atom is -0.506 e. The number of nitrogens with zero attached hydrogens (tertiary/aromatic N) is 1. The van der Waals surface area contributed by atoms with E-state index in [1.807, 2.05) is 0 Å². The zero-order chi connectivity index (χ0) is 12.5. The fourth-order valence-electron chi connectivity index (χ4n) is 1.39. The van der Waals surface area contributed by atoms with Crippen LogP contribution in [0, 0.1) is 13.8 Å². The zero-order valence-corrected chi connectivity index (χ0v) is 9.01. The van der Waals surface area contributed by atoms with Crippen LogP contribution in [0.25, 0.3) is 0 Å². The Morgan fingerprint density at radius 2 is 2.06 bits per heavy atom. The Kier molecular flexibility index (Phi) is 3.46. The molecule has 0 aliphatic carbocycles. The van der Waals surface area contributed by atoms with Crippen LogP contribution < -0.4 is 5.73 Å². The molecule has 6 heteroatoms. The molecule has 0 bridgehead atoms. The molecule has 1 aromatic heterocycles. The van der Waals surface area contributed by atoms with Crippen molar-refractivity contribution in [3.8, 4) is 5.75 Å². The minimum atomic E-state index is -1.48. The lowest BCUT2D eigenvalue weighted by molar-refractivity contribution is -0.141. The molecule has 0 spiro atoms. The SMILES string of the molecule is Cc1cnc(C)c(O)c1[C@@H](O)[C@@H](N)C(=O)O. The van der Waals surface area contributed by atoms with Crippen molar-refractivity contribution in [2.45, 2.75) is 26.0 Å². The molecular formula is C10H14N2O4. The lowest BCUT2D eigenvalue weighted by Gasteiger charge is -2.19. The van der Waals surface area contributed by atoms with E-state index in [9.17, 15) is 15.0 Å². The smallest absolute Gasteiger partial charge is 0.323 e. The molecule has 1 aromatic rings. The summed E-state index contributed by atoms with van der Waals surface area (Å²) in [6, 6.07) is -1.48. The number of pyridine rings is 1. The second-order valence-corrected chi connectivity index (χ2v) is 3.60. The van der Waals surface area contributed by atoms with Crippen LogP contribution >= 0.6 is 0 Å². The number of carboxylic acids is 1. The molecule has 1 rings (SSSR count). The summed E-state index contributed by atoms with van der Waals surface area (Å²) < 4.78 is 0. The second kappa shape index (κ2) is 4.46. The average Bonchev–Trinajstić information content (AvgIpc) is 2.22. The summed E-state index contributed by atoms with van der Waals surface area (Å²) in [5.41, 5.74) is 6.22. The molecule has 0 saturated carbocycles. The van der Waals surface area contributed by atoms with Gasteiger partial charge in [-0.05, 0) is 19.4 Å². The van der Waals surface area contributed by atoms with E-state index in [0.29, 0.717) is 11.3 Å². The van der Waals surface area contributed by atoms with Crippen molar-refractivity contribution < 1.29 is 20.1 Å². The first-order valence-corrected chi connectivity index (χ1v) is 4.67. The molecule has 16 heavy (non-hydrogen) atoms. The molecule has 0 fully saturated rings. The zero-order valence-electron chi connectivity index (χ0n) is 9.01. The van der Waals surface area contributed by atoms with Crippen LogP contribution in [0.5, 0.6) is 5.75 Å². The summed E-state index contributed by atoms with van der Waals surface area (Å²) in [5.74, 6) is -1.55. The van der Waals surface area contributed by atoms with Crippen LogP contribution in [0.1, 0.15) is 22.9 Å². The highest BCUT2D eigenvalue weighted by molar-refractivity contribution is 5.74. The number of aromatic nitrogens is 1. The first kappa shape index (κ1) is 12.4. The number of hydrogen-bond acceptors (Lipinski definition) is 5. The molecule has 0 aromatic carbocycles. The molecule has 0 aliphatic heterocycles. The summed E-state index contributed by atoms with van der Waals surface area (Å²) in [6.45, 7) is 3.16. The molecule has 5 N–H and O–H groups in total. The van der Waals surface area contributed by atoms with Crippen LogP contribution in [0.4, 0.5) is 0 Å². The second-order valence-electron chi connectivity index (χ2n) is 3.60. The molecule has 0 amide bonds. The van der Waals surface area contributed by atoms with Crippen molar-refractivity contribution in [2.75, 3.05) is 0 Å². The maximum atomic E-state index is 10.6. The molecular weight excluding hydrogens is 212 g/mol. The van der Waals surface area contributed by atoms with E-state index in [-0.39, 0.29) is 11.3 Å². The van der Waals surface area contributed by atoms with Crippen molar-refractivity contribution in [3.63, 3.8) is 0 Å². The maximum absolute atomic E-state index is 10.6. The molecule has 0 radical (unpaired) electrons. The number of nitrogens with two attached hydrogens (primary N) is 1. The van der Waals surface area contributed by atoms with Crippen molar-refractivity contribution in [3.05, 3.63) is 23.0 Å². The van der Waals surface area contributed by atoms with E-state index in [0.717, 1.165) is 0 Å². The van der Waals surface area contributed by atoms with Crippen molar-refractivity contribution in [1.29, 1.82) is 0 Å². The van der Waals surface area contributed by atoms with Gasteiger partial charge in [0.2, 0.25) is 0 Å². The van der Waals surface area contributed by atoms with Crippen LogP contribution in [0.2, 0.25) is 0 Å². The van der Waals surface area contributed by atoms with Gasteiger partial charge in [-0.25, -0.2) is 0 Å². The Morgan fingerprint density at radius 1 is 1.50 bits per heavy atom. The van der Waals surface area contributed by atoms with Gasteiger partial charge in [-0.15, -0.1) is 0 Å². The van der Waals surface area contributed by atoms with Crippen LogP contribution in [-0.2, 0) is 4.79 Å². The third-order valence-electron chi connectivity index (χ3n) is 2.40. The number of carbonyl (C=O) groups is 1. The van der Waals surface area contributed by atoms with Gasteiger partial charge in [-0.3, -0.25) is 9.78 Å². The quantitative estimate of drug-likeness (QED) is 0.569. The van der Waals surface area contributed by atoms with E-state index in [1.54, 1.807) is 13.8 Å². The van der Waals surface area contributed by atoms with Gasteiger partial charge in [0.1, 0.15) is 17.9 Å². The largest absolute Gasteiger partial charge is 0.506 e.